The number of benzene rings is 4. The van der Waals surface area contributed by atoms with Gasteiger partial charge in [0.05, 0.1) is 41.3 Å². The predicted octanol–water partition coefficient (Wildman–Crippen LogP) is 10.5. The lowest BCUT2D eigenvalue weighted by Gasteiger charge is -2.43. The molecule has 5 atom stereocenters. The van der Waals surface area contributed by atoms with Crippen molar-refractivity contribution in [1.29, 1.82) is 0 Å². The number of rotatable bonds is 13. The average Bonchev–Trinajstić information content (AvgIpc) is 4.36. The number of hydrogen-bond acceptors (Lipinski definition) is 14. The molecule has 17 heteroatoms. The number of carbonyl (C=O) groups excluding carboxylic acids is 4. The molecule has 390 valence electrons. The van der Waals surface area contributed by atoms with Gasteiger partial charge in [-0.1, -0.05) is 108 Å². The molecule has 1 saturated heterocycles. The molecule has 0 saturated carbocycles. The number of aromatic amines is 2. The SMILES string of the molecule is CC(=O)OC[C@H]1OC(OCc2cn(-c3ccc(-c4c5nc(c(-c6ccccc6)c6ccc([nH]6)c(-c6ccccc6)c6nc(c(-c7ccccc7)c7ccc4[nH]7)C=C6)C=C5)cc3)nn2)[C@H](OC(C)=O)[C@@H](OC(C)=O)[C@@H]1OC(C)=O. The van der Waals surface area contributed by atoms with E-state index in [9.17, 15) is 19.2 Å². The molecule has 0 radical (unpaired) electrons. The highest BCUT2D eigenvalue weighted by atomic mass is 16.7. The summed E-state index contributed by atoms with van der Waals surface area (Å²) in [5, 5.41) is 8.73. The minimum atomic E-state index is -1.40. The minimum Gasteiger partial charge on any atom is -0.463 e. The van der Waals surface area contributed by atoms with Crippen LogP contribution >= 0.6 is 0 Å². The Morgan fingerprint density at radius 2 is 0.910 bits per heavy atom. The van der Waals surface area contributed by atoms with Crippen LogP contribution in [0.2, 0.25) is 0 Å². The van der Waals surface area contributed by atoms with Crippen molar-refractivity contribution in [2.24, 2.45) is 0 Å². The van der Waals surface area contributed by atoms with Crippen LogP contribution in [0.4, 0.5) is 0 Å². The molecule has 1 fully saturated rings. The molecule has 78 heavy (non-hydrogen) atoms. The fraction of sp³-hybridized carbons (Fsp3) is 0.180. The summed E-state index contributed by atoms with van der Waals surface area (Å²) in [7, 11) is 0. The Morgan fingerprint density at radius 3 is 1.33 bits per heavy atom. The van der Waals surface area contributed by atoms with Crippen molar-refractivity contribution >= 4 is 70.2 Å². The van der Waals surface area contributed by atoms with Gasteiger partial charge in [-0.25, -0.2) is 14.6 Å². The van der Waals surface area contributed by atoms with Crippen molar-refractivity contribution in [3.63, 3.8) is 0 Å². The van der Waals surface area contributed by atoms with Gasteiger partial charge in [-0.2, -0.15) is 0 Å². The molecule has 4 aromatic heterocycles. The Morgan fingerprint density at radius 1 is 0.500 bits per heavy atom. The first-order valence-electron chi connectivity index (χ1n) is 25.2. The number of aromatic nitrogens is 7. The standard InChI is InChI=1S/C61H51N7O10/c1-35(69)73-34-53-58(75-36(2)70)59(76-37(3)71)60(77-38(4)72)61(78-53)74-33-43-32-68(67-66-43)44-22-20-42(21-23-44)57-51-30-28-49(64-51)55(40-16-10-6-11-17-40)47-26-24-45(62-47)54(39-14-8-5-9-15-39)46-25-27-48(63-46)56(41-18-12-7-13-19-41)50-29-31-52(57)65-50/h5-32,53,58-62,65H,33-34H2,1-4H3/t53-,58-,59+,60-,61?/m1/s1. The van der Waals surface area contributed by atoms with E-state index in [0.29, 0.717) is 11.4 Å². The Labute approximate surface area is 447 Å². The van der Waals surface area contributed by atoms with E-state index in [-0.39, 0.29) is 6.61 Å². The van der Waals surface area contributed by atoms with E-state index >= 15 is 0 Å². The van der Waals surface area contributed by atoms with E-state index in [4.69, 9.17) is 38.4 Å². The maximum Gasteiger partial charge on any atom is 0.303 e. The van der Waals surface area contributed by atoms with Crippen molar-refractivity contribution in [2.75, 3.05) is 6.61 Å². The van der Waals surface area contributed by atoms with E-state index < -0.39 is 61.2 Å². The van der Waals surface area contributed by atoms with Gasteiger partial charge in [-0.3, -0.25) is 19.2 Å². The highest BCUT2D eigenvalue weighted by molar-refractivity contribution is 6.00. The molecular weight excluding hydrogens is 991 g/mol. The van der Waals surface area contributed by atoms with Gasteiger partial charge in [0.25, 0.3) is 0 Å². The number of carbonyl (C=O) groups is 4. The zero-order valence-corrected chi connectivity index (χ0v) is 42.8. The smallest absolute Gasteiger partial charge is 0.303 e. The van der Waals surface area contributed by atoms with Crippen LogP contribution in [-0.4, -0.2) is 96.1 Å². The molecular formula is C61H51N7O10. The van der Waals surface area contributed by atoms with Gasteiger partial charge >= 0.3 is 23.9 Å². The van der Waals surface area contributed by atoms with E-state index in [1.54, 1.807) is 10.9 Å². The summed E-state index contributed by atoms with van der Waals surface area (Å²) >= 11 is 0. The van der Waals surface area contributed by atoms with Crippen LogP contribution < -0.4 is 0 Å². The van der Waals surface area contributed by atoms with Gasteiger partial charge in [0.1, 0.15) is 18.4 Å². The summed E-state index contributed by atoms with van der Waals surface area (Å²) in [6.45, 7) is 4.05. The highest BCUT2D eigenvalue weighted by Crippen LogP contribution is 2.39. The second-order valence-corrected chi connectivity index (χ2v) is 18.7. The number of nitrogens with zero attached hydrogens (tertiary/aromatic N) is 5. The quantitative estimate of drug-likeness (QED) is 0.0813. The van der Waals surface area contributed by atoms with Gasteiger partial charge in [-0.15, -0.1) is 5.10 Å². The maximum absolute atomic E-state index is 12.4. The summed E-state index contributed by atoms with van der Waals surface area (Å²) in [5.74, 6) is -2.88. The molecule has 3 aliphatic heterocycles. The van der Waals surface area contributed by atoms with Crippen molar-refractivity contribution < 1.29 is 47.6 Å². The monoisotopic (exact) mass is 1040 g/mol. The molecule has 0 spiro atoms. The normalized spacial score (nSPS) is 17.6. The second-order valence-electron chi connectivity index (χ2n) is 18.7. The number of esters is 4. The third kappa shape index (κ3) is 10.6. The molecule has 0 amide bonds. The molecule has 8 bridgehead atoms. The van der Waals surface area contributed by atoms with Crippen LogP contribution in [0.15, 0.2) is 146 Å². The van der Waals surface area contributed by atoms with Crippen LogP contribution in [0.1, 0.15) is 56.2 Å². The number of H-pyrrole nitrogens is 2. The van der Waals surface area contributed by atoms with Gasteiger partial charge in [0.2, 0.25) is 0 Å². The molecule has 3 aliphatic rings. The van der Waals surface area contributed by atoms with Crippen molar-refractivity contribution in [2.45, 2.75) is 65.0 Å². The maximum atomic E-state index is 12.4. The Balaban J connectivity index is 0.989. The number of hydrogen-bond donors (Lipinski definition) is 2. The number of fused-ring (bicyclic) bond motifs is 8. The largest absolute Gasteiger partial charge is 0.463 e. The van der Waals surface area contributed by atoms with Gasteiger partial charge in [-0.05, 0) is 83.0 Å². The van der Waals surface area contributed by atoms with Crippen molar-refractivity contribution in [3.05, 3.63) is 174 Å². The first-order chi connectivity index (χ1) is 37.9. The first-order valence-corrected chi connectivity index (χ1v) is 25.2. The molecule has 8 aromatic rings. The average molecular weight is 1040 g/mol. The van der Waals surface area contributed by atoms with Crippen LogP contribution in [0, 0.1) is 0 Å². The van der Waals surface area contributed by atoms with Crippen LogP contribution in [-0.2, 0) is 54.2 Å². The van der Waals surface area contributed by atoms with E-state index in [1.165, 1.54) is 6.92 Å². The predicted molar refractivity (Wildman–Crippen MR) is 292 cm³/mol. The molecule has 7 heterocycles. The highest BCUT2D eigenvalue weighted by Gasteiger charge is 2.53. The summed E-state index contributed by atoms with van der Waals surface area (Å²) in [6, 6.07) is 47.0. The molecule has 2 N–H and O–H groups in total. The lowest BCUT2D eigenvalue weighted by atomic mass is 9.98. The van der Waals surface area contributed by atoms with Crippen LogP contribution in [0.3, 0.4) is 0 Å². The number of ether oxygens (including phenoxy) is 6. The third-order valence-electron chi connectivity index (χ3n) is 13.2. The lowest BCUT2D eigenvalue weighted by Crippen LogP contribution is -2.62. The van der Waals surface area contributed by atoms with E-state index in [2.05, 4.69) is 99.2 Å². The third-order valence-corrected chi connectivity index (χ3v) is 13.2. The summed E-state index contributed by atoms with van der Waals surface area (Å²) in [6.07, 6.45) is 3.26. The Kier molecular flexibility index (Phi) is 14.2. The van der Waals surface area contributed by atoms with Gasteiger partial charge in [0.15, 0.2) is 24.6 Å². The Hall–Kier alpha value is -9.58. The molecule has 1 unspecified atom stereocenters. The lowest BCUT2D eigenvalue weighted by molar-refractivity contribution is -0.310. The molecule has 11 rings (SSSR count). The molecule has 4 aromatic carbocycles. The molecule has 0 aliphatic carbocycles. The number of nitrogens with one attached hydrogen (secondary N) is 2. The van der Waals surface area contributed by atoms with E-state index in [0.717, 1.165) is 110 Å². The summed E-state index contributed by atoms with van der Waals surface area (Å²) in [5.41, 5.74) is 15.3. The fourth-order valence-electron chi connectivity index (χ4n) is 10.00. The van der Waals surface area contributed by atoms with Crippen LogP contribution in [0.5, 0.6) is 0 Å². The Bertz CT molecular complexity index is 3780. The minimum absolute atomic E-state index is 0.217. The first kappa shape index (κ1) is 50.6. The van der Waals surface area contributed by atoms with E-state index in [1.807, 2.05) is 84.9 Å². The molecule has 17 nitrogen and oxygen atoms in total. The zero-order valence-electron chi connectivity index (χ0n) is 42.8. The fourth-order valence-corrected chi connectivity index (χ4v) is 10.00. The zero-order chi connectivity index (χ0) is 53.9. The van der Waals surface area contributed by atoms with Crippen LogP contribution in [0.25, 0.3) is 96.6 Å². The van der Waals surface area contributed by atoms with Gasteiger partial charge in [0, 0.05) is 72.0 Å². The summed E-state index contributed by atoms with van der Waals surface area (Å²) < 4.78 is 35.6. The summed E-state index contributed by atoms with van der Waals surface area (Å²) in [4.78, 5) is 67.2. The van der Waals surface area contributed by atoms with Crippen molar-refractivity contribution in [3.8, 4) is 50.2 Å². The van der Waals surface area contributed by atoms with Gasteiger partial charge < -0.3 is 38.4 Å². The van der Waals surface area contributed by atoms with Crippen molar-refractivity contribution in [1.82, 2.24) is 34.9 Å². The second kappa shape index (κ2) is 21.9. The topological polar surface area (TPSA) is 212 Å².